The Labute approximate surface area is 185 Å². The maximum atomic E-state index is 13.4. The van der Waals surface area contributed by atoms with Crippen molar-refractivity contribution >= 4 is 20.8 Å². The lowest BCUT2D eigenvalue weighted by atomic mass is 10.0. The van der Waals surface area contributed by atoms with Crippen LogP contribution >= 0.6 is 0 Å². The van der Waals surface area contributed by atoms with Gasteiger partial charge < -0.3 is 4.74 Å². The maximum absolute atomic E-state index is 13.4. The zero-order valence-corrected chi connectivity index (χ0v) is 18.6. The average Bonchev–Trinajstić information content (AvgIpc) is 2.79. The third-order valence-electron chi connectivity index (χ3n) is 5.80. The van der Waals surface area contributed by atoms with Gasteiger partial charge in [-0.05, 0) is 34.9 Å². The number of morpholine rings is 1. The van der Waals surface area contributed by atoms with E-state index in [1.165, 1.54) is 0 Å². The fourth-order valence-electron chi connectivity index (χ4n) is 4.11. The lowest BCUT2D eigenvalue weighted by Crippen LogP contribution is -2.39. The van der Waals surface area contributed by atoms with E-state index in [9.17, 15) is 8.42 Å². The molecule has 6 heteroatoms. The molecule has 1 aliphatic heterocycles. The van der Waals surface area contributed by atoms with Crippen molar-refractivity contribution in [2.75, 3.05) is 39.4 Å². The quantitative estimate of drug-likeness (QED) is 0.509. The summed E-state index contributed by atoms with van der Waals surface area (Å²) < 4.78 is 33.9. The fraction of sp³-hybridized carbons (Fsp3) is 0.360. The van der Waals surface area contributed by atoms with Crippen molar-refractivity contribution in [3.63, 3.8) is 0 Å². The molecule has 0 bridgehead atoms. The number of fused-ring (bicyclic) bond motifs is 1. The van der Waals surface area contributed by atoms with E-state index in [0.29, 0.717) is 13.1 Å². The Morgan fingerprint density at radius 2 is 1.58 bits per heavy atom. The maximum Gasteiger partial charge on any atom is 0.218 e. The second-order valence-corrected chi connectivity index (χ2v) is 9.99. The Balaban J connectivity index is 1.53. The summed E-state index contributed by atoms with van der Waals surface area (Å²) in [6, 6.07) is 23.7. The van der Waals surface area contributed by atoms with Crippen LogP contribution in [0.2, 0.25) is 0 Å². The Hall–Kier alpha value is -2.25. The summed E-state index contributed by atoms with van der Waals surface area (Å²) in [6.07, 6.45) is 0.804. The van der Waals surface area contributed by atoms with Crippen molar-refractivity contribution in [1.29, 1.82) is 0 Å². The molecule has 0 spiro atoms. The molecule has 0 aliphatic carbocycles. The topological polar surface area (TPSA) is 49.9 Å². The molecule has 0 aromatic heterocycles. The molecule has 4 rings (SSSR count). The molecule has 164 valence electrons. The molecule has 1 heterocycles. The first-order valence-electron chi connectivity index (χ1n) is 10.9. The Morgan fingerprint density at radius 1 is 0.871 bits per heavy atom. The summed E-state index contributed by atoms with van der Waals surface area (Å²) in [5.74, 6) is 0.0240. The first-order valence-corrected chi connectivity index (χ1v) is 12.5. The van der Waals surface area contributed by atoms with Crippen LogP contribution in [0.25, 0.3) is 10.8 Å². The third kappa shape index (κ3) is 5.92. The van der Waals surface area contributed by atoms with E-state index in [4.69, 9.17) is 4.74 Å². The number of hydrogen-bond acceptors (Lipinski definition) is 4. The van der Waals surface area contributed by atoms with Crippen LogP contribution in [-0.4, -0.2) is 57.0 Å². The summed E-state index contributed by atoms with van der Waals surface area (Å²) >= 11 is 0. The molecule has 0 amide bonds. The van der Waals surface area contributed by atoms with Gasteiger partial charge in [-0.2, -0.15) is 4.31 Å². The minimum Gasteiger partial charge on any atom is -0.379 e. The van der Waals surface area contributed by atoms with Crippen molar-refractivity contribution in [2.45, 2.75) is 18.7 Å². The van der Waals surface area contributed by atoms with Crippen molar-refractivity contribution in [3.05, 3.63) is 83.9 Å². The molecular weight excluding hydrogens is 408 g/mol. The van der Waals surface area contributed by atoms with Crippen LogP contribution in [0.4, 0.5) is 0 Å². The van der Waals surface area contributed by atoms with Gasteiger partial charge in [-0.25, -0.2) is 8.42 Å². The summed E-state index contributed by atoms with van der Waals surface area (Å²) in [5, 5.41) is 2.24. The van der Waals surface area contributed by atoms with E-state index in [1.54, 1.807) is 4.31 Å². The molecule has 31 heavy (non-hydrogen) atoms. The number of ether oxygens (including phenoxy) is 1. The van der Waals surface area contributed by atoms with Crippen LogP contribution in [-0.2, 0) is 27.1 Å². The standard InChI is InChI=1S/C25H30N2O3S/c28-31(29,21-22-8-2-1-3-9-22)27(15-7-14-26-16-18-30-19-17-26)20-24-12-6-11-23-10-4-5-13-25(23)24/h1-6,8-13H,7,14-21H2. The number of rotatable bonds is 9. The second-order valence-electron chi connectivity index (χ2n) is 8.02. The van der Waals surface area contributed by atoms with Gasteiger partial charge in [0.05, 0.1) is 19.0 Å². The highest BCUT2D eigenvalue weighted by Gasteiger charge is 2.24. The van der Waals surface area contributed by atoms with Crippen molar-refractivity contribution in [3.8, 4) is 0 Å². The van der Waals surface area contributed by atoms with E-state index in [-0.39, 0.29) is 5.75 Å². The largest absolute Gasteiger partial charge is 0.379 e. The molecule has 1 fully saturated rings. The predicted molar refractivity (Wildman–Crippen MR) is 125 cm³/mol. The van der Waals surface area contributed by atoms with Crippen LogP contribution < -0.4 is 0 Å². The van der Waals surface area contributed by atoms with Gasteiger partial charge in [0.2, 0.25) is 10.0 Å². The van der Waals surface area contributed by atoms with Crippen LogP contribution in [0, 0.1) is 0 Å². The van der Waals surface area contributed by atoms with Gasteiger partial charge in [-0.15, -0.1) is 0 Å². The summed E-state index contributed by atoms with van der Waals surface area (Å²) in [4.78, 5) is 2.35. The normalized spacial score (nSPS) is 15.5. The molecule has 0 atom stereocenters. The molecule has 0 N–H and O–H groups in total. The third-order valence-corrected chi connectivity index (χ3v) is 7.59. The molecule has 1 saturated heterocycles. The SMILES string of the molecule is O=S(=O)(Cc1ccccc1)N(CCCN1CCOCC1)Cc1cccc2ccccc12. The lowest BCUT2D eigenvalue weighted by Gasteiger charge is -2.28. The van der Waals surface area contributed by atoms with Crippen LogP contribution in [0.15, 0.2) is 72.8 Å². The van der Waals surface area contributed by atoms with Crippen LogP contribution in [0.1, 0.15) is 17.5 Å². The average molecular weight is 439 g/mol. The molecule has 1 aliphatic rings. The number of sulfonamides is 1. The number of nitrogens with zero attached hydrogens (tertiary/aromatic N) is 2. The Kier molecular flexibility index (Phi) is 7.35. The molecule has 0 saturated carbocycles. The van der Waals surface area contributed by atoms with Gasteiger partial charge in [0.25, 0.3) is 0 Å². The summed E-state index contributed by atoms with van der Waals surface area (Å²) in [5.41, 5.74) is 1.86. The zero-order valence-electron chi connectivity index (χ0n) is 17.8. The molecule has 0 unspecified atom stereocenters. The Bertz CT molecular complexity index is 1070. The van der Waals surface area contributed by atoms with Gasteiger partial charge in [0.1, 0.15) is 0 Å². The van der Waals surface area contributed by atoms with E-state index in [0.717, 1.165) is 61.2 Å². The highest BCUT2D eigenvalue weighted by atomic mass is 32.2. The number of benzene rings is 3. The van der Waals surface area contributed by atoms with Crippen molar-refractivity contribution in [2.24, 2.45) is 0 Å². The van der Waals surface area contributed by atoms with E-state index < -0.39 is 10.0 Å². The minimum absolute atomic E-state index is 0.0240. The van der Waals surface area contributed by atoms with Crippen molar-refractivity contribution in [1.82, 2.24) is 9.21 Å². The predicted octanol–water partition coefficient (Wildman–Crippen LogP) is 3.89. The number of hydrogen-bond donors (Lipinski definition) is 0. The zero-order chi connectivity index (χ0) is 21.5. The molecule has 3 aromatic carbocycles. The van der Waals surface area contributed by atoms with Crippen LogP contribution in [0.5, 0.6) is 0 Å². The van der Waals surface area contributed by atoms with Gasteiger partial charge in [0.15, 0.2) is 0 Å². The monoisotopic (exact) mass is 438 g/mol. The fourth-order valence-corrected chi connectivity index (χ4v) is 5.65. The summed E-state index contributed by atoms with van der Waals surface area (Å²) in [6.45, 7) is 5.13. The summed E-state index contributed by atoms with van der Waals surface area (Å²) in [7, 11) is -3.46. The van der Waals surface area contributed by atoms with Gasteiger partial charge >= 0.3 is 0 Å². The molecular formula is C25H30N2O3S. The smallest absolute Gasteiger partial charge is 0.218 e. The molecule has 3 aromatic rings. The molecule has 0 radical (unpaired) electrons. The second kappa shape index (κ2) is 10.4. The van der Waals surface area contributed by atoms with Gasteiger partial charge in [0, 0.05) is 26.2 Å². The van der Waals surface area contributed by atoms with E-state index >= 15 is 0 Å². The Morgan fingerprint density at radius 3 is 2.39 bits per heavy atom. The van der Waals surface area contributed by atoms with Gasteiger partial charge in [-0.3, -0.25) is 4.90 Å². The van der Waals surface area contributed by atoms with Gasteiger partial charge in [-0.1, -0.05) is 72.8 Å². The van der Waals surface area contributed by atoms with Crippen molar-refractivity contribution < 1.29 is 13.2 Å². The minimum atomic E-state index is -3.46. The van der Waals surface area contributed by atoms with Crippen LogP contribution in [0.3, 0.4) is 0 Å². The highest BCUT2D eigenvalue weighted by molar-refractivity contribution is 7.88. The first-order chi connectivity index (χ1) is 15.1. The lowest BCUT2D eigenvalue weighted by molar-refractivity contribution is 0.0368. The highest BCUT2D eigenvalue weighted by Crippen LogP contribution is 2.22. The van der Waals surface area contributed by atoms with E-state index in [2.05, 4.69) is 23.1 Å². The van der Waals surface area contributed by atoms with E-state index in [1.807, 2.05) is 54.6 Å². The first kappa shape index (κ1) is 22.0. The molecule has 5 nitrogen and oxygen atoms in total.